The molecule has 0 aromatic carbocycles. The molecule has 0 spiro atoms. The Morgan fingerprint density at radius 3 is 1.27 bits per heavy atom. The molecular formula is C48H91O10P. The van der Waals surface area contributed by atoms with Gasteiger partial charge in [0.2, 0.25) is 0 Å². The quantitative estimate of drug-likeness (QED) is 0.0234. The second-order valence-corrected chi connectivity index (χ2v) is 17.9. The van der Waals surface area contributed by atoms with Crippen molar-refractivity contribution >= 4 is 19.8 Å². The number of carbonyl (C=O) groups is 2. The maximum Gasteiger partial charge on any atom is 0.472 e. The number of aliphatic hydroxyl groups is 2. The number of carbonyl (C=O) groups excluding carboxylic acids is 2. The van der Waals surface area contributed by atoms with Gasteiger partial charge in [-0.15, -0.1) is 0 Å². The van der Waals surface area contributed by atoms with Crippen LogP contribution in [0, 0.1) is 0 Å². The van der Waals surface area contributed by atoms with Gasteiger partial charge in [-0.2, -0.15) is 0 Å². The number of aliphatic hydroxyl groups excluding tert-OH is 2. The number of phosphoric acid groups is 1. The lowest BCUT2D eigenvalue weighted by atomic mass is 10.0. The molecule has 348 valence electrons. The fourth-order valence-corrected chi connectivity index (χ4v) is 7.61. The van der Waals surface area contributed by atoms with Gasteiger partial charge in [-0.1, -0.05) is 186 Å². The van der Waals surface area contributed by atoms with Crippen molar-refractivity contribution in [3.8, 4) is 0 Å². The maximum atomic E-state index is 12.6. The summed E-state index contributed by atoms with van der Waals surface area (Å²) < 4.78 is 32.7. The molecule has 10 nitrogen and oxygen atoms in total. The van der Waals surface area contributed by atoms with Gasteiger partial charge in [0.05, 0.1) is 19.8 Å². The number of ether oxygens (including phenoxy) is 2. The molecule has 0 heterocycles. The topological polar surface area (TPSA) is 149 Å². The minimum Gasteiger partial charge on any atom is -0.462 e. The Balaban J connectivity index is 4.17. The zero-order valence-electron chi connectivity index (χ0n) is 38.0. The Morgan fingerprint density at radius 2 is 0.847 bits per heavy atom. The van der Waals surface area contributed by atoms with Crippen molar-refractivity contribution in [1.29, 1.82) is 0 Å². The largest absolute Gasteiger partial charge is 0.472 e. The molecule has 0 aliphatic rings. The third-order valence-corrected chi connectivity index (χ3v) is 11.5. The van der Waals surface area contributed by atoms with Gasteiger partial charge < -0.3 is 24.6 Å². The summed E-state index contributed by atoms with van der Waals surface area (Å²) in [7, 11) is -4.63. The highest BCUT2D eigenvalue weighted by atomic mass is 31.2. The van der Waals surface area contributed by atoms with E-state index in [1.807, 2.05) is 0 Å². The zero-order chi connectivity index (χ0) is 43.3. The fraction of sp³-hybridized carbons (Fsp3) is 0.875. The summed E-state index contributed by atoms with van der Waals surface area (Å²) in [5, 5.41) is 18.3. The standard InChI is InChI=1S/C48H91O10P/c1-3-5-7-9-11-13-15-17-18-19-20-21-22-23-24-25-26-28-29-31-33-35-37-39-47(51)55-43-46(44-57-59(53,54)56-42-45(50)41-49)58-48(52)40-38-36-34-32-30-27-16-14-12-10-8-6-4-2/h27,30-31,33,45-46,49-50H,3-26,28-29,32,34-44H2,1-2H3,(H,53,54)/b30-27+,33-31+/t45-,46+/m1/s1. The first-order chi connectivity index (χ1) is 28.7. The lowest BCUT2D eigenvalue weighted by Gasteiger charge is -2.20. The number of hydrogen-bond acceptors (Lipinski definition) is 9. The van der Waals surface area contributed by atoms with Crippen LogP contribution in [-0.2, 0) is 32.7 Å². The van der Waals surface area contributed by atoms with Crippen molar-refractivity contribution < 1.29 is 47.8 Å². The van der Waals surface area contributed by atoms with E-state index in [1.54, 1.807) is 0 Å². The van der Waals surface area contributed by atoms with Crippen molar-refractivity contribution in [2.75, 3.05) is 26.4 Å². The van der Waals surface area contributed by atoms with E-state index in [0.29, 0.717) is 12.8 Å². The molecule has 0 radical (unpaired) electrons. The Morgan fingerprint density at radius 1 is 0.492 bits per heavy atom. The van der Waals surface area contributed by atoms with Gasteiger partial charge in [0.1, 0.15) is 12.7 Å². The normalized spacial score (nSPS) is 13.9. The van der Waals surface area contributed by atoms with Crippen molar-refractivity contribution in [3.05, 3.63) is 24.3 Å². The summed E-state index contributed by atoms with van der Waals surface area (Å²) in [5.41, 5.74) is 0. The third kappa shape index (κ3) is 44.3. The Labute approximate surface area is 361 Å². The lowest BCUT2D eigenvalue weighted by molar-refractivity contribution is -0.161. The number of esters is 2. The number of unbranched alkanes of at least 4 members (excludes halogenated alkanes) is 28. The molecule has 0 aliphatic carbocycles. The summed E-state index contributed by atoms with van der Waals surface area (Å²) in [5.74, 6) is -0.973. The first kappa shape index (κ1) is 57.4. The van der Waals surface area contributed by atoms with Gasteiger partial charge >= 0.3 is 19.8 Å². The number of hydrogen-bond donors (Lipinski definition) is 3. The minimum atomic E-state index is -4.63. The van der Waals surface area contributed by atoms with E-state index in [0.717, 1.165) is 38.5 Å². The van der Waals surface area contributed by atoms with E-state index in [1.165, 1.54) is 154 Å². The SMILES string of the molecule is CCCCCCCC/C=C/CCCCCC(=O)O[C@@H](COC(=O)CCC/C=C/CCCCCCCCCCCCCCCCCCCC)COP(=O)(O)OC[C@H](O)CO. The molecule has 3 atom stereocenters. The van der Waals surface area contributed by atoms with Crippen molar-refractivity contribution in [2.45, 2.75) is 244 Å². The van der Waals surface area contributed by atoms with Crippen LogP contribution in [0.2, 0.25) is 0 Å². The average molecular weight is 859 g/mol. The second kappa shape index (κ2) is 44.5. The van der Waals surface area contributed by atoms with E-state index >= 15 is 0 Å². The van der Waals surface area contributed by atoms with Gasteiger partial charge in [-0.05, 0) is 57.8 Å². The van der Waals surface area contributed by atoms with Crippen LogP contribution in [0.15, 0.2) is 24.3 Å². The molecule has 0 rings (SSSR count). The lowest BCUT2D eigenvalue weighted by Crippen LogP contribution is -2.29. The van der Waals surface area contributed by atoms with Crippen LogP contribution in [-0.4, -0.2) is 65.7 Å². The molecule has 0 aliphatic heterocycles. The Kier molecular flexibility index (Phi) is 43.3. The van der Waals surface area contributed by atoms with Crippen LogP contribution < -0.4 is 0 Å². The van der Waals surface area contributed by atoms with Crippen LogP contribution in [0.4, 0.5) is 0 Å². The molecule has 0 bridgehead atoms. The van der Waals surface area contributed by atoms with E-state index in [-0.39, 0.29) is 19.4 Å². The summed E-state index contributed by atoms with van der Waals surface area (Å²) in [6, 6.07) is 0. The molecule has 0 fully saturated rings. The predicted molar refractivity (Wildman–Crippen MR) is 242 cm³/mol. The molecular weight excluding hydrogens is 767 g/mol. The van der Waals surface area contributed by atoms with E-state index in [2.05, 4.69) is 38.2 Å². The second-order valence-electron chi connectivity index (χ2n) is 16.5. The van der Waals surface area contributed by atoms with Crippen molar-refractivity contribution in [3.63, 3.8) is 0 Å². The van der Waals surface area contributed by atoms with Crippen LogP contribution in [0.3, 0.4) is 0 Å². The average Bonchev–Trinajstić information content (AvgIpc) is 3.22. The molecule has 0 saturated heterocycles. The van der Waals surface area contributed by atoms with Gasteiger partial charge in [-0.3, -0.25) is 18.6 Å². The predicted octanol–water partition coefficient (Wildman–Crippen LogP) is 13.3. The minimum absolute atomic E-state index is 0.160. The first-order valence-electron chi connectivity index (χ1n) is 24.3. The number of allylic oxidation sites excluding steroid dienone is 4. The molecule has 3 N–H and O–H groups in total. The molecule has 11 heteroatoms. The first-order valence-corrected chi connectivity index (χ1v) is 25.8. The molecule has 1 unspecified atom stereocenters. The molecule has 0 saturated carbocycles. The van der Waals surface area contributed by atoms with Crippen LogP contribution in [0.5, 0.6) is 0 Å². The van der Waals surface area contributed by atoms with E-state index in [4.69, 9.17) is 23.6 Å². The molecule has 0 aromatic rings. The fourth-order valence-electron chi connectivity index (χ4n) is 6.82. The zero-order valence-corrected chi connectivity index (χ0v) is 38.9. The Hall–Kier alpha value is -1.55. The number of rotatable bonds is 46. The van der Waals surface area contributed by atoms with E-state index in [9.17, 15) is 24.2 Å². The molecule has 0 aromatic heterocycles. The monoisotopic (exact) mass is 859 g/mol. The van der Waals surface area contributed by atoms with Crippen LogP contribution >= 0.6 is 7.82 Å². The highest BCUT2D eigenvalue weighted by Crippen LogP contribution is 2.43. The summed E-state index contributed by atoms with van der Waals surface area (Å²) in [6.07, 6.45) is 46.0. The van der Waals surface area contributed by atoms with Crippen molar-refractivity contribution in [2.24, 2.45) is 0 Å². The van der Waals surface area contributed by atoms with Crippen LogP contribution in [0.1, 0.15) is 232 Å². The third-order valence-electron chi connectivity index (χ3n) is 10.6. The smallest absolute Gasteiger partial charge is 0.462 e. The Bertz CT molecular complexity index is 1040. The summed E-state index contributed by atoms with van der Waals surface area (Å²) in [6.45, 7) is 2.36. The number of phosphoric ester groups is 1. The summed E-state index contributed by atoms with van der Waals surface area (Å²) >= 11 is 0. The van der Waals surface area contributed by atoms with E-state index < -0.39 is 51.8 Å². The highest BCUT2D eigenvalue weighted by Gasteiger charge is 2.27. The maximum absolute atomic E-state index is 12.6. The van der Waals surface area contributed by atoms with Crippen molar-refractivity contribution in [1.82, 2.24) is 0 Å². The van der Waals surface area contributed by atoms with Gasteiger partial charge in [0.15, 0.2) is 6.10 Å². The van der Waals surface area contributed by atoms with Crippen LogP contribution in [0.25, 0.3) is 0 Å². The molecule has 59 heavy (non-hydrogen) atoms. The van der Waals surface area contributed by atoms with Gasteiger partial charge in [0.25, 0.3) is 0 Å². The highest BCUT2D eigenvalue weighted by molar-refractivity contribution is 7.47. The van der Waals surface area contributed by atoms with Gasteiger partial charge in [-0.25, -0.2) is 4.57 Å². The van der Waals surface area contributed by atoms with Gasteiger partial charge in [0, 0.05) is 12.8 Å². The molecule has 0 amide bonds. The summed E-state index contributed by atoms with van der Waals surface area (Å²) in [4.78, 5) is 35.0.